The Labute approximate surface area is 120 Å². The number of para-hydroxylation sites is 1. The molecule has 0 radical (unpaired) electrons. The number of nitrogens with zero attached hydrogens (tertiary/aromatic N) is 2. The van der Waals surface area contributed by atoms with Crippen molar-refractivity contribution in [3.8, 4) is 0 Å². The molecule has 1 aliphatic rings. The summed E-state index contributed by atoms with van der Waals surface area (Å²) in [6, 6.07) is 7.03. The van der Waals surface area contributed by atoms with Gasteiger partial charge < -0.3 is 9.80 Å². The number of rotatable bonds is 3. The summed E-state index contributed by atoms with van der Waals surface area (Å²) in [6.45, 7) is 4.47. The van der Waals surface area contributed by atoms with Gasteiger partial charge in [0.25, 0.3) is 0 Å². The maximum atomic E-state index is 11.8. The molecule has 1 heterocycles. The fourth-order valence-corrected chi connectivity index (χ4v) is 3.36. The Hall–Kier alpha value is -1.56. The van der Waals surface area contributed by atoms with Gasteiger partial charge in [0.05, 0.1) is 10.6 Å². The van der Waals surface area contributed by atoms with E-state index in [4.69, 9.17) is 0 Å². The molecule has 0 unspecified atom stereocenters. The molecule has 1 saturated heterocycles. The lowest BCUT2D eigenvalue weighted by Gasteiger charge is -2.36. The third kappa shape index (κ3) is 3.12. The zero-order valence-electron chi connectivity index (χ0n) is 11.9. The van der Waals surface area contributed by atoms with Crippen molar-refractivity contribution in [2.24, 2.45) is 0 Å². The maximum Gasteiger partial charge on any atom is 0.222 e. The van der Waals surface area contributed by atoms with E-state index in [1.165, 1.54) is 6.26 Å². The number of anilines is 1. The molecule has 5 nitrogen and oxygen atoms in total. The van der Waals surface area contributed by atoms with Gasteiger partial charge in [0.15, 0.2) is 9.84 Å². The number of sulfone groups is 1. The van der Waals surface area contributed by atoms with Crippen LogP contribution in [-0.2, 0) is 14.6 Å². The topological polar surface area (TPSA) is 57.7 Å². The SMILES string of the molecule is CCC(=O)N1CCN(c2ccccc2S(C)(=O)=O)CC1. The van der Waals surface area contributed by atoms with Crippen LogP contribution in [-0.4, -0.2) is 51.7 Å². The second-order valence-electron chi connectivity index (χ2n) is 4.96. The minimum Gasteiger partial charge on any atom is -0.367 e. The van der Waals surface area contributed by atoms with Crippen LogP contribution in [0.4, 0.5) is 5.69 Å². The quantitative estimate of drug-likeness (QED) is 0.839. The molecule has 2 rings (SSSR count). The standard InChI is InChI=1S/C14H20N2O3S/c1-3-14(17)16-10-8-15(9-11-16)12-6-4-5-7-13(12)20(2,18)19/h4-7H,3,8-11H2,1-2H3. The highest BCUT2D eigenvalue weighted by atomic mass is 32.2. The first-order valence-electron chi connectivity index (χ1n) is 6.75. The van der Waals surface area contributed by atoms with Crippen LogP contribution in [0.15, 0.2) is 29.2 Å². The van der Waals surface area contributed by atoms with E-state index in [0.717, 1.165) is 5.69 Å². The number of hydrogen-bond acceptors (Lipinski definition) is 4. The second-order valence-corrected chi connectivity index (χ2v) is 6.95. The van der Waals surface area contributed by atoms with Crippen molar-refractivity contribution < 1.29 is 13.2 Å². The van der Waals surface area contributed by atoms with Gasteiger partial charge >= 0.3 is 0 Å². The van der Waals surface area contributed by atoms with Crippen molar-refractivity contribution >= 4 is 21.4 Å². The third-order valence-corrected chi connectivity index (χ3v) is 4.68. The highest BCUT2D eigenvalue weighted by molar-refractivity contribution is 7.90. The number of benzene rings is 1. The summed E-state index contributed by atoms with van der Waals surface area (Å²) >= 11 is 0. The highest BCUT2D eigenvalue weighted by Crippen LogP contribution is 2.25. The Morgan fingerprint density at radius 3 is 2.30 bits per heavy atom. The summed E-state index contributed by atoms with van der Waals surface area (Å²) in [5.41, 5.74) is 0.735. The van der Waals surface area contributed by atoms with Gasteiger partial charge in [-0.1, -0.05) is 19.1 Å². The zero-order valence-corrected chi connectivity index (χ0v) is 12.7. The molecule has 0 N–H and O–H groups in total. The van der Waals surface area contributed by atoms with Crippen molar-refractivity contribution in [3.63, 3.8) is 0 Å². The van der Waals surface area contributed by atoms with Gasteiger partial charge in [-0.25, -0.2) is 8.42 Å². The Kier molecular flexibility index (Phi) is 4.32. The van der Waals surface area contributed by atoms with Gasteiger partial charge in [-0.2, -0.15) is 0 Å². The van der Waals surface area contributed by atoms with Crippen LogP contribution in [0, 0.1) is 0 Å². The van der Waals surface area contributed by atoms with E-state index < -0.39 is 9.84 Å². The largest absolute Gasteiger partial charge is 0.367 e. The molecule has 0 aliphatic carbocycles. The monoisotopic (exact) mass is 296 g/mol. The molecule has 1 aliphatic heterocycles. The Morgan fingerprint density at radius 1 is 1.15 bits per heavy atom. The van der Waals surface area contributed by atoms with Gasteiger partial charge in [-0.15, -0.1) is 0 Å². The number of amides is 1. The van der Waals surface area contributed by atoms with Crippen LogP contribution >= 0.6 is 0 Å². The van der Waals surface area contributed by atoms with E-state index in [2.05, 4.69) is 0 Å². The Morgan fingerprint density at radius 2 is 1.75 bits per heavy atom. The average molecular weight is 296 g/mol. The number of carbonyl (C=O) groups excluding carboxylic acids is 1. The minimum atomic E-state index is -3.24. The fraction of sp³-hybridized carbons (Fsp3) is 0.500. The van der Waals surface area contributed by atoms with E-state index in [1.54, 1.807) is 12.1 Å². The lowest BCUT2D eigenvalue weighted by atomic mass is 10.2. The molecule has 0 aromatic heterocycles. The zero-order chi connectivity index (χ0) is 14.8. The van der Waals surface area contributed by atoms with Crippen LogP contribution in [0.1, 0.15) is 13.3 Å². The lowest BCUT2D eigenvalue weighted by molar-refractivity contribution is -0.131. The third-order valence-electron chi connectivity index (χ3n) is 3.54. The average Bonchev–Trinajstić information content (AvgIpc) is 2.46. The molecule has 0 saturated carbocycles. The summed E-state index contributed by atoms with van der Waals surface area (Å²) in [6.07, 6.45) is 1.74. The summed E-state index contributed by atoms with van der Waals surface area (Å²) in [7, 11) is -3.24. The normalized spacial score (nSPS) is 16.3. The molecule has 0 atom stereocenters. The predicted octanol–water partition coefficient (Wildman–Crippen LogP) is 1.15. The molecule has 1 aromatic carbocycles. The molecule has 6 heteroatoms. The van der Waals surface area contributed by atoms with Gasteiger partial charge in [0, 0.05) is 38.9 Å². The van der Waals surface area contributed by atoms with Crippen molar-refractivity contribution in [3.05, 3.63) is 24.3 Å². The minimum absolute atomic E-state index is 0.154. The lowest BCUT2D eigenvalue weighted by Crippen LogP contribution is -2.48. The van der Waals surface area contributed by atoms with Crippen molar-refractivity contribution in [1.82, 2.24) is 4.90 Å². The van der Waals surface area contributed by atoms with E-state index in [0.29, 0.717) is 37.5 Å². The van der Waals surface area contributed by atoms with Crippen LogP contribution < -0.4 is 4.90 Å². The van der Waals surface area contributed by atoms with Gasteiger partial charge in [-0.05, 0) is 12.1 Å². The molecule has 1 amide bonds. The Balaban J connectivity index is 2.18. The first-order valence-corrected chi connectivity index (χ1v) is 8.64. The van der Waals surface area contributed by atoms with Crippen LogP contribution in [0.25, 0.3) is 0 Å². The fourth-order valence-electron chi connectivity index (χ4n) is 2.45. The molecular weight excluding hydrogens is 276 g/mol. The second kappa shape index (κ2) is 5.83. The summed E-state index contributed by atoms with van der Waals surface area (Å²) in [4.78, 5) is 15.9. The summed E-state index contributed by atoms with van der Waals surface area (Å²) in [5, 5.41) is 0. The van der Waals surface area contributed by atoms with Crippen LogP contribution in [0.2, 0.25) is 0 Å². The molecule has 1 aromatic rings. The maximum absolute atomic E-state index is 11.8. The summed E-state index contributed by atoms with van der Waals surface area (Å²) < 4.78 is 23.6. The van der Waals surface area contributed by atoms with Gasteiger partial charge in [-0.3, -0.25) is 4.79 Å². The van der Waals surface area contributed by atoms with Crippen molar-refractivity contribution in [2.45, 2.75) is 18.2 Å². The smallest absolute Gasteiger partial charge is 0.222 e. The van der Waals surface area contributed by atoms with Gasteiger partial charge in [0.2, 0.25) is 5.91 Å². The molecule has 110 valence electrons. The number of piperazine rings is 1. The van der Waals surface area contributed by atoms with E-state index in [1.807, 2.05) is 28.9 Å². The van der Waals surface area contributed by atoms with Crippen LogP contribution in [0.5, 0.6) is 0 Å². The predicted molar refractivity (Wildman–Crippen MR) is 78.6 cm³/mol. The van der Waals surface area contributed by atoms with E-state index in [9.17, 15) is 13.2 Å². The van der Waals surface area contributed by atoms with E-state index in [-0.39, 0.29) is 5.91 Å². The number of hydrogen-bond donors (Lipinski definition) is 0. The highest BCUT2D eigenvalue weighted by Gasteiger charge is 2.23. The first-order chi connectivity index (χ1) is 9.43. The first kappa shape index (κ1) is 14.8. The molecule has 0 spiro atoms. The van der Waals surface area contributed by atoms with Crippen molar-refractivity contribution in [1.29, 1.82) is 0 Å². The molecule has 1 fully saturated rings. The number of carbonyl (C=O) groups is 1. The van der Waals surface area contributed by atoms with Gasteiger partial charge in [0.1, 0.15) is 0 Å². The van der Waals surface area contributed by atoms with Crippen LogP contribution in [0.3, 0.4) is 0 Å². The van der Waals surface area contributed by atoms with E-state index >= 15 is 0 Å². The molecule has 0 bridgehead atoms. The molecule has 20 heavy (non-hydrogen) atoms. The molecular formula is C14H20N2O3S. The van der Waals surface area contributed by atoms with Crippen molar-refractivity contribution in [2.75, 3.05) is 37.3 Å². The summed E-state index contributed by atoms with van der Waals surface area (Å²) in [5.74, 6) is 0.154. The Bertz CT molecular complexity index is 590.